The molecular weight excluding hydrogens is 281 g/mol. The van der Waals surface area contributed by atoms with Crippen molar-refractivity contribution >= 4 is 15.9 Å². The monoisotopic (exact) mass is 297 g/mol. The molecule has 0 aromatic heterocycles. The molecule has 2 fully saturated rings. The molecule has 3 rings (SSSR count). The van der Waals surface area contributed by atoms with E-state index in [1.165, 1.54) is 31.7 Å². The Bertz CT molecular complexity index is 400. The molecule has 2 aliphatic rings. The first kappa shape index (κ1) is 11.7. The van der Waals surface area contributed by atoms with Crippen LogP contribution in [0, 0.1) is 17.7 Å². The predicted octanol–water partition coefficient (Wildman–Crippen LogP) is 3.87. The third-order valence-electron chi connectivity index (χ3n) is 4.23. The Morgan fingerprint density at radius 1 is 1.24 bits per heavy atom. The van der Waals surface area contributed by atoms with Crippen molar-refractivity contribution in [3.05, 3.63) is 34.1 Å². The Kier molecular flexibility index (Phi) is 3.22. The molecule has 3 atom stereocenters. The van der Waals surface area contributed by atoms with Crippen molar-refractivity contribution < 1.29 is 4.39 Å². The van der Waals surface area contributed by atoms with Gasteiger partial charge in [-0.15, -0.1) is 0 Å². The second kappa shape index (κ2) is 4.69. The molecule has 92 valence electrons. The summed E-state index contributed by atoms with van der Waals surface area (Å²) in [6.07, 6.45) is 5.54. The molecule has 2 aliphatic carbocycles. The molecule has 17 heavy (non-hydrogen) atoms. The zero-order chi connectivity index (χ0) is 11.8. The van der Waals surface area contributed by atoms with E-state index in [0.29, 0.717) is 6.04 Å². The van der Waals surface area contributed by atoms with Crippen molar-refractivity contribution in [3.63, 3.8) is 0 Å². The quantitative estimate of drug-likeness (QED) is 0.893. The Morgan fingerprint density at radius 2 is 2.12 bits per heavy atom. The van der Waals surface area contributed by atoms with Crippen molar-refractivity contribution in [2.45, 2.75) is 38.3 Å². The molecule has 1 nitrogen and oxygen atoms in total. The summed E-state index contributed by atoms with van der Waals surface area (Å²) in [5.41, 5.74) is 1.03. The van der Waals surface area contributed by atoms with Gasteiger partial charge in [0.15, 0.2) is 0 Å². The summed E-state index contributed by atoms with van der Waals surface area (Å²) in [4.78, 5) is 0. The minimum absolute atomic E-state index is 0.163. The van der Waals surface area contributed by atoms with E-state index in [-0.39, 0.29) is 5.82 Å². The number of fused-ring (bicyclic) bond motifs is 2. The van der Waals surface area contributed by atoms with E-state index < -0.39 is 0 Å². The molecule has 2 bridgehead atoms. The van der Waals surface area contributed by atoms with Gasteiger partial charge in [0.05, 0.1) is 0 Å². The molecule has 2 saturated carbocycles. The van der Waals surface area contributed by atoms with Crippen LogP contribution < -0.4 is 5.32 Å². The summed E-state index contributed by atoms with van der Waals surface area (Å²) in [7, 11) is 0. The van der Waals surface area contributed by atoms with E-state index in [1.54, 1.807) is 6.07 Å². The SMILES string of the molecule is Fc1cc(Br)cc(CNC2CC3CCC2C3)c1. The van der Waals surface area contributed by atoms with E-state index in [1.807, 2.05) is 6.07 Å². The fourth-order valence-electron chi connectivity index (χ4n) is 3.46. The molecule has 3 unspecified atom stereocenters. The lowest BCUT2D eigenvalue weighted by molar-refractivity contribution is 0.350. The number of nitrogens with one attached hydrogen (secondary N) is 1. The number of hydrogen-bond acceptors (Lipinski definition) is 1. The van der Waals surface area contributed by atoms with E-state index in [4.69, 9.17) is 0 Å². The third-order valence-corrected chi connectivity index (χ3v) is 4.69. The zero-order valence-electron chi connectivity index (χ0n) is 9.76. The van der Waals surface area contributed by atoms with Gasteiger partial charge >= 0.3 is 0 Å². The van der Waals surface area contributed by atoms with Gasteiger partial charge in [-0.3, -0.25) is 0 Å². The molecular formula is C14H17BrFN. The maximum Gasteiger partial charge on any atom is 0.124 e. The highest BCUT2D eigenvalue weighted by atomic mass is 79.9. The number of benzene rings is 1. The molecule has 0 aliphatic heterocycles. The van der Waals surface area contributed by atoms with Gasteiger partial charge in [0.1, 0.15) is 5.82 Å². The van der Waals surface area contributed by atoms with Crippen LogP contribution in [0.5, 0.6) is 0 Å². The largest absolute Gasteiger partial charge is 0.310 e. The summed E-state index contributed by atoms with van der Waals surface area (Å²) in [6.45, 7) is 0.782. The molecule has 0 amide bonds. The van der Waals surface area contributed by atoms with Crippen molar-refractivity contribution in [1.82, 2.24) is 5.32 Å². The van der Waals surface area contributed by atoms with Crippen LogP contribution in [-0.4, -0.2) is 6.04 Å². The Hall–Kier alpha value is -0.410. The van der Waals surface area contributed by atoms with Crippen LogP contribution in [0.3, 0.4) is 0 Å². The lowest BCUT2D eigenvalue weighted by atomic mass is 9.95. The first-order chi connectivity index (χ1) is 8.20. The van der Waals surface area contributed by atoms with Crippen molar-refractivity contribution in [2.75, 3.05) is 0 Å². The van der Waals surface area contributed by atoms with Crippen LogP contribution >= 0.6 is 15.9 Å². The maximum atomic E-state index is 13.2. The van der Waals surface area contributed by atoms with Crippen LogP contribution in [0.4, 0.5) is 4.39 Å². The van der Waals surface area contributed by atoms with Crippen LogP contribution in [0.2, 0.25) is 0 Å². The molecule has 1 aromatic rings. The summed E-state index contributed by atoms with van der Waals surface area (Å²) < 4.78 is 14.0. The maximum absolute atomic E-state index is 13.2. The van der Waals surface area contributed by atoms with Crippen LogP contribution in [-0.2, 0) is 6.54 Å². The van der Waals surface area contributed by atoms with Crippen molar-refractivity contribution in [1.29, 1.82) is 0 Å². The summed E-state index contributed by atoms with van der Waals surface area (Å²) in [5.74, 6) is 1.66. The summed E-state index contributed by atoms with van der Waals surface area (Å²) in [5, 5.41) is 3.60. The minimum atomic E-state index is -0.163. The Labute approximate surface area is 110 Å². The highest BCUT2D eigenvalue weighted by Crippen LogP contribution is 2.44. The van der Waals surface area contributed by atoms with Gasteiger partial charge < -0.3 is 5.32 Å². The molecule has 1 aromatic carbocycles. The highest BCUT2D eigenvalue weighted by Gasteiger charge is 2.38. The van der Waals surface area contributed by atoms with Crippen LogP contribution in [0.1, 0.15) is 31.2 Å². The number of halogens is 2. The van der Waals surface area contributed by atoms with Crippen LogP contribution in [0.15, 0.2) is 22.7 Å². The van der Waals surface area contributed by atoms with E-state index in [0.717, 1.165) is 28.4 Å². The molecule has 0 radical (unpaired) electrons. The first-order valence-electron chi connectivity index (χ1n) is 6.39. The van der Waals surface area contributed by atoms with Gasteiger partial charge in [-0.05, 0) is 54.9 Å². The molecule has 0 spiro atoms. The topological polar surface area (TPSA) is 12.0 Å². The van der Waals surface area contributed by atoms with Gasteiger partial charge in [-0.25, -0.2) is 4.39 Å². The third kappa shape index (κ3) is 2.55. The van der Waals surface area contributed by atoms with Gasteiger partial charge in [-0.2, -0.15) is 0 Å². The zero-order valence-corrected chi connectivity index (χ0v) is 11.3. The molecule has 1 N–H and O–H groups in total. The second-order valence-electron chi connectivity index (χ2n) is 5.44. The fraction of sp³-hybridized carbons (Fsp3) is 0.571. The van der Waals surface area contributed by atoms with E-state index >= 15 is 0 Å². The smallest absolute Gasteiger partial charge is 0.124 e. The Morgan fingerprint density at radius 3 is 2.76 bits per heavy atom. The molecule has 3 heteroatoms. The fourth-order valence-corrected chi connectivity index (χ4v) is 3.97. The number of rotatable bonds is 3. The van der Waals surface area contributed by atoms with Gasteiger partial charge in [0.2, 0.25) is 0 Å². The van der Waals surface area contributed by atoms with Crippen molar-refractivity contribution in [2.24, 2.45) is 11.8 Å². The molecule has 0 heterocycles. The average molecular weight is 298 g/mol. The second-order valence-corrected chi connectivity index (χ2v) is 6.36. The lowest BCUT2D eigenvalue weighted by Crippen LogP contribution is -2.33. The van der Waals surface area contributed by atoms with Gasteiger partial charge in [0.25, 0.3) is 0 Å². The standard InChI is InChI=1S/C14H17BrFN/c15-12-4-10(5-13(16)7-12)8-17-14-6-9-1-2-11(14)3-9/h4-5,7,9,11,14,17H,1-3,6,8H2. The Balaban J connectivity index is 1.60. The lowest BCUT2D eigenvalue weighted by Gasteiger charge is -2.23. The number of hydrogen-bond donors (Lipinski definition) is 1. The highest BCUT2D eigenvalue weighted by molar-refractivity contribution is 9.10. The average Bonchev–Trinajstić information content (AvgIpc) is 2.86. The van der Waals surface area contributed by atoms with Gasteiger partial charge in [0, 0.05) is 17.1 Å². The van der Waals surface area contributed by atoms with E-state index in [9.17, 15) is 4.39 Å². The summed E-state index contributed by atoms with van der Waals surface area (Å²) in [6, 6.07) is 5.77. The minimum Gasteiger partial charge on any atom is -0.310 e. The van der Waals surface area contributed by atoms with Crippen LogP contribution in [0.25, 0.3) is 0 Å². The first-order valence-corrected chi connectivity index (χ1v) is 7.18. The predicted molar refractivity (Wildman–Crippen MR) is 70.2 cm³/mol. The van der Waals surface area contributed by atoms with E-state index in [2.05, 4.69) is 21.2 Å². The summed E-state index contributed by atoms with van der Waals surface area (Å²) >= 11 is 3.33. The van der Waals surface area contributed by atoms with Crippen molar-refractivity contribution in [3.8, 4) is 0 Å². The normalized spacial score (nSPS) is 31.1. The van der Waals surface area contributed by atoms with Gasteiger partial charge in [-0.1, -0.05) is 22.4 Å². The molecule has 0 saturated heterocycles.